The molecule has 1 unspecified atom stereocenters. The van der Waals surface area contributed by atoms with Crippen molar-refractivity contribution in [2.45, 2.75) is 64.3 Å². The van der Waals surface area contributed by atoms with E-state index >= 15 is 0 Å². The second-order valence-electron chi connectivity index (χ2n) is 7.70. The second kappa shape index (κ2) is 10.3. The first-order chi connectivity index (χ1) is 13.7. The van der Waals surface area contributed by atoms with Crippen molar-refractivity contribution in [1.82, 2.24) is 10.6 Å². The van der Waals surface area contributed by atoms with E-state index in [1.165, 1.54) is 5.56 Å². The first-order valence-electron chi connectivity index (χ1n) is 10.5. The van der Waals surface area contributed by atoms with Gasteiger partial charge < -0.3 is 15.4 Å². The van der Waals surface area contributed by atoms with Crippen molar-refractivity contribution in [3.8, 4) is 0 Å². The fraction of sp³-hybridized carbons (Fsp3) is 0.458. The van der Waals surface area contributed by atoms with E-state index in [9.17, 15) is 4.79 Å². The first-order valence-corrected chi connectivity index (χ1v) is 10.5. The van der Waals surface area contributed by atoms with Crippen LogP contribution in [0.3, 0.4) is 0 Å². The van der Waals surface area contributed by atoms with Crippen molar-refractivity contribution in [2.75, 3.05) is 0 Å². The van der Waals surface area contributed by atoms with Gasteiger partial charge >= 0.3 is 6.09 Å². The number of hydrogen-bond donors (Lipinski definition) is 2. The van der Waals surface area contributed by atoms with Crippen LogP contribution in [0.5, 0.6) is 0 Å². The van der Waals surface area contributed by atoms with E-state index in [-0.39, 0.29) is 12.1 Å². The molecule has 1 aliphatic carbocycles. The Morgan fingerprint density at radius 1 is 0.964 bits per heavy atom. The highest BCUT2D eigenvalue weighted by Gasteiger charge is 2.33. The van der Waals surface area contributed by atoms with Gasteiger partial charge in [0.25, 0.3) is 0 Å². The van der Waals surface area contributed by atoms with Gasteiger partial charge in [0.2, 0.25) is 0 Å². The van der Waals surface area contributed by atoms with E-state index in [1.54, 1.807) is 0 Å². The molecule has 150 valence electrons. The Morgan fingerprint density at radius 2 is 1.57 bits per heavy atom. The van der Waals surface area contributed by atoms with Gasteiger partial charge in [-0.05, 0) is 29.9 Å². The number of carbonyl (C=O) groups is 1. The standard InChI is InChI=1S/C24H32N2O2/c1-3-19(4-2)23(20-13-9-6-10-14-20)25-21-15-22(16-21)26-24(27)28-17-18-11-7-5-8-12-18/h5-14,19,21-23,25H,3-4,15-17H2,1-2H3,(H,26,27). The molecule has 1 fully saturated rings. The summed E-state index contributed by atoms with van der Waals surface area (Å²) >= 11 is 0. The Kier molecular flexibility index (Phi) is 7.49. The average molecular weight is 381 g/mol. The van der Waals surface area contributed by atoms with Gasteiger partial charge in [0, 0.05) is 18.1 Å². The van der Waals surface area contributed by atoms with Crippen LogP contribution in [0.25, 0.3) is 0 Å². The van der Waals surface area contributed by atoms with Crippen molar-refractivity contribution in [1.29, 1.82) is 0 Å². The molecule has 0 aliphatic heterocycles. The van der Waals surface area contributed by atoms with Crippen LogP contribution in [-0.2, 0) is 11.3 Å². The summed E-state index contributed by atoms with van der Waals surface area (Å²) in [7, 11) is 0. The van der Waals surface area contributed by atoms with Gasteiger partial charge in [-0.1, -0.05) is 87.4 Å². The summed E-state index contributed by atoms with van der Waals surface area (Å²) in [5.41, 5.74) is 2.36. The van der Waals surface area contributed by atoms with Crippen LogP contribution >= 0.6 is 0 Å². The van der Waals surface area contributed by atoms with Crippen molar-refractivity contribution in [3.63, 3.8) is 0 Å². The number of carbonyl (C=O) groups excluding carboxylic acids is 1. The lowest BCUT2D eigenvalue weighted by molar-refractivity contribution is 0.122. The first kappa shape index (κ1) is 20.4. The van der Waals surface area contributed by atoms with E-state index in [2.05, 4.69) is 54.8 Å². The lowest BCUT2D eigenvalue weighted by atomic mass is 9.82. The van der Waals surface area contributed by atoms with Gasteiger partial charge in [0.15, 0.2) is 0 Å². The Hall–Kier alpha value is -2.33. The molecule has 0 aromatic heterocycles. The van der Waals surface area contributed by atoms with E-state index in [4.69, 9.17) is 4.74 Å². The number of ether oxygens (including phenoxy) is 1. The lowest BCUT2D eigenvalue weighted by Gasteiger charge is -2.40. The van der Waals surface area contributed by atoms with Crippen LogP contribution < -0.4 is 10.6 Å². The fourth-order valence-electron chi connectivity index (χ4n) is 3.98. The van der Waals surface area contributed by atoms with Crippen molar-refractivity contribution in [3.05, 3.63) is 71.8 Å². The zero-order valence-corrected chi connectivity index (χ0v) is 16.9. The monoisotopic (exact) mass is 380 g/mol. The largest absolute Gasteiger partial charge is 0.445 e. The molecule has 0 heterocycles. The number of rotatable bonds is 9. The average Bonchev–Trinajstić information content (AvgIpc) is 2.71. The van der Waals surface area contributed by atoms with Gasteiger partial charge in [0.1, 0.15) is 6.61 Å². The highest BCUT2D eigenvalue weighted by atomic mass is 16.5. The fourth-order valence-corrected chi connectivity index (χ4v) is 3.98. The smallest absolute Gasteiger partial charge is 0.407 e. The maximum Gasteiger partial charge on any atom is 0.407 e. The molecule has 1 atom stereocenters. The quantitative estimate of drug-likeness (QED) is 0.628. The van der Waals surface area contributed by atoms with Gasteiger partial charge in [-0.15, -0.1) is 0 Å². The maximum absolute atomic E-state index is 12.0. The number of nitrogens with one attached hydrogen (secondary N) is 2. The molecule has 3 rings (SSSR count). The molecule has 4 nitrogen and oxygen atoms in total. The molecule has 1 amide bonds. The van der Waals surface area contributed by atoms with E-state index in [1.807, 2.05) is 30.3 Å². The molecular formula is C24H32N2O2. The SMILES string of the molecule is CCC(CC)C(NC1CC(NC(=O)OCc2ccccc2)C1)c1ccccc1. The maximum atomic E-state index is 12.0. The number of hydrogen-bond acceptors (Lipinski definition) is 3. The van der Waals surface area contributed by atoms with Crippen molar-refractivity contribution in [2.24, 2.45) is 5.92 Å². The molecule has 1 saturated carbocycles. The van der Waals surface area contributed by atoms with Crippen LogP contribution in [0.2, 0.25) is 0 Å². The molecule has 2 aromatic rings. The summed E-state index contributed by atoms with van der Waals surface area (Å²) in [4.78, 5) is 12.0. The third-order valence-electron chi connectivity index (χ3n) is 5.77. The molecule has 0 spiro atoms. The van der Waals surface area contributed by atoms with Gasteiger partial charge in [0.05, 0.1) is 0 Å². The normalized spacial score (nSPS) is 19.7. The van der Waals surface area contributed by atoms with Crippen LogP contribution in [0.4, 0.5) is 4.79 Å². The predicted molar refractivity (Wildman–Crippen MR) is 113 cm³/mol. The molecule has 2 N–H and O–H groups in total. The third-order valence-corrected chi connectivity index (χ3v) is 5.77. The topological polar surface area (TPSA) is 50.4 Å². The predicted octanol–water partition coefficient (Wildman–Crippen LogP) is 5.21. The Morgan fingerprint density at radius 3 is 2.18 bits per heavy atom. The number of benzene rings is 2. The lowest BCUT2D eigenvalue weighted by Crippen LogP contribution is -2.53. The Labute approximate surface area is 168 Å². The number of amides is 1. The van der Waals surface area contributed by atoms with E-state index < -0.39 is 0 Å². The summed E-state index contributed by atoms with van der Waals surface area (Å²) in [6.45, 7) is 4.84. The highest BCUT2D eigenvalue weighted by Crippen LogP contribution is 2.31. The Balaban J connectivity index is 1.45. The highest BCUT2D eigenvalue weighted by molar-refractivity contribution is 5.67. The summed E-state index contributed by atoms with van der Waals surface area (Å²) in [6.07, 6.45) is 3.88. The zero-order valence-electron chi connectivity index (χ0n) is 16.9. The summed E-state index contributed by atoms with van der Waals surface area (Å²) in [5.74, 6) is 0.616. The summed E-state index contributed by atoms with van der Waals surface area (Å²) in [5, 5.41) is 6.83. The van der Waals surface area contributed by atoms with E-state index in [0.717, 1.165) is 31.2 Å². The third kappa shape index (κ3) is 5.59. The summed E-state index contributed by atoms with van der Waals surface area (Å²) < 4.78 is 5.32. The molecule has 4 heteroatoms. The molecule has 2 aromatic carbocycles. The Bertz CT molecular complexity index is 710. The second-order valence-corrected chi connectivity index (χ2v) is 7.70. The van der Waals surface area contributed by atoms with Gasteiger partial charge in [-0.3, -0.25) is 0 Å². The zero-order chi connectivity index (χ0) is 19.8. The van der Waals surface area contributed by atoms with Gasteiger partial charge in [-0.2, -0.15) is 0 Å². The molecular weight excluding hydrogens is 348 g/mol. The van der Waals surface area contributed by atoms with E-state index in [0.29, 0.717) is 24.6 Å². The molecule has 0 bridgehead atoms. The van der Waals surface area contributed by atoms with Crippen molar-refractivity contribution < 1.29 is 9.53 Å². The van der Waals surface area contributed by atoms with Crippen LogP contribution in [0, 0.1) is 5.92 Å². The minimum absolute atomic E-state index is 0.193. The molecule has 0 saturated heterocycles. The van der Waals surface area contributed by atoms with Crippen molar-refractivity contribution >= 4 is 6.09 Å². The minimum atomic E-state index is -0.327. The molecule has 1 aliphatic rings. The van der Waals surface area contributed by atoms with Crippen LogP contribution in [-0.4, -0.2) is 18.2 Å². The molecule has 0 radical (unpaired) electrons. The summed E-state index contributed by atoms with van der Waals surface area (Å²) in [6, 6.07) is 21.5. The van der Waals surface area contributed by atoms with Gasteiger partial charge in [-0.25, -0.2) is 4.79 Å². The number of alkyl carbamates (subject to hydrolysis) is 1. The molecule has 28 heavy (non-hydrogen) atoms. The minimum Gasteiger partial charge on any atom is -0.445 e. The van der Waals surface area contributed by atoms with Crippen LogP contribution in [0.15, 0.2) is 60.7 Å². The van der Waals surface area contributed by atoms with Crippen LogP contribution in [0.1, 0.15) is 56.7 Å².